The van der Waals surface area contributed by atoms with E-state index in [9.17, 15) is 13.6 Å². The Morgan fingerprint density at radius 3 is 2.89 bits per heavy atom. The normalized spacial score (nSPS) is 23.7. The van der Waals surface area contributed by atoms with Crippen molar-refractivity contribution in [2.75, 3.05) is 6.54 Å². The molecule has 0 aliphatic carbocycles. The van der Waals surface area contributed by atoms with Gasteiger partial charge in [0.2, 0.25) is 0 Å². The van der Waals surface area contributed by atoms with Crippen LogP contribution in [-0.2, 0) is 0 Å². The van der Waals surface area contributed by atoms with E-state index in [2.05, 4.69) is 10.6 Å². The van der Waals surface area contributed by atoms with Gasteiger partial charge in [-0.25, -0.2) is 8.78 Å². The predicted octanol–water partition coefficient (Wildman–Crippen LogP) is 1.84. The van der Waals surface area contributed by atoms with Gasteiger partial charge in [0.1, 0.15) is 11.6 Å². The molecule has 1 amide bonds. The van der Waals surface area contributed by atoms with E-state index >= 15 is 0 Å². The standard InChI is InChI=1S/C13H16F2N2O/c1-8-12(3-2-6-16-8)17-13(18)10-5-4-9(14)7-11(10)15/h4-5,7-8,12,16H,2-3,6H2,1H3,(H,17,18)/t8-,12-/m1/s1. The average molecular weight is 254 g/mol. The quantitative estimate of drug-likeness (QED) is 0.845. The summed E-state index contributed by atoms with van der Waals surface area (Å²) in [5.74, 6) is -2.01. The molecule has 98 valence electrons. The molecule has 0 aromatic heterocycles. The largest absolute Gasteiger partial charge is 0.348 e. The third-order valence-electron chi connectivity index (χ3n) is 3.25. The molecule has 2 N–H and O–H groups in total. The van der Waals surface area contributed by atoms with Crippen LogP contribution in [0.4, 0.5) is 8.78 Å². The smallest absolute Gasteiger partial charge is 0.254 e. The molecule has 1 saturated heterocycles. The summed E-state index contributed by atoms with van der Waals surface area (Å²) in [6, 6.07) is 3.11. The van der Waals surface area contributed by atoms with Crippen LogP contribution in [-0.4, -0.2) is 24.5 Å². The molecule has 0 bridgehead atoms. The maximum atomic E-state index is 13.4. The lowest BCUT2D eigenvalue weighted by Gasteiger charge is -2.30. The molecule has 1 aliphatic heterocycles. The number of hydrogen-bond acceptors (Lipinski definition) is 2. The Hall–Kier alpha value is -1.49. The molecule has 2 rings (SSSR count). The summed E-state index contributed by atoms with van der Waals surface area (Å²) in [4.78, 5) is 11.9. The molecule has 1 aromatic rings. The first-order valence-corrected chi connectivity index (χ1v) is 6.07. The van der Waals surface area contributed by atoms with E-state index < -0.39 is 17.5 Å². The lowest BCUT2D eigenvalue weighted by Crippen LogP contribution is -2.52. The summed E-state index contributed by atoms with van der Waals surface area (Å²) in [5.41, 5.74) is -0.117. The number of rotatable bonds is 2. The highest BCUT2D eigenvalue weighted by atomic mass is 19.1. The van der Waals surface area contributed by atoms with Crippen molar-refractivity contribution in [1.29, 1.82) is 0 Å². The Morgan fingerprint density at radius 2 is 2.22 bits per heavy atom. The lowest BCUT2D eigenvalue weighted by molar-refractivity contribution is 0.0915. The summed E-state index contributed by atoms with van der Waals surface area (Å²) in [5, 5.41) is 6.03. The minimum Gasteiger partial charge on any atom is -0.348 e. The van der Waals surface area contributed by atoms with Crippen LogP contribution in [0.15, 0.2) is 18.2 Å². The zero-order valence-electron chi connectivity index (χ0n) is 10.2. The molecule has 1 fully saturated rings. The predicted molar refractivity (Wildman–Crippen MR) is 64.3 cm³/mol. The van der Waals surface area contributed by atoms with E-state index in [1.807, 2.05) is 6.92 Å². The van der Waals surface area contributed by atoms with Crippen LogP contribution >= 0.6 is 0 Å². The van der Waals surface area contributed by atoms with Gasteiger partial charge in [-0.15, -0.1) is 0 Å². The number of nitrogens with one attached hydrogen (secondary N) is 2. The Morgan fingerprint density at radius 1 is 1.44 bits per heavy atom. The van der Waals surface area contributed by atoms with Crippen LogP contribution in [0.1, 0.15) is 30.1 Å². The average Bonchev–Trinajstić information content (AvgIpc) is 2.32. The second-order valence-corrected chi connectivity index (χ2v) is 4.59. The molecule has 1 aliphatic rings. The van der Waals surface area contributed by atoms with Gasteiger partial charge in [0.25, 0.3) is 5.91 Å². The molecule has 0 unspecified atom stereocenters. The summed E-state index contributed by atoms with van der Waals surface area (Å²) < 4.78 is 26.2. The van der Waals surface area contributed by atoms with Crippen molar-refractivity contribution in [1.82, 2.24) is 10.6 Å². The van der Waals surface area contributed by atoms with E-state index in [1.165, 1.54) is 6.07 Å². The van der Waals surface area contributed by atoms with Crippen molar-refractivity contribution in [3.05, 3.63) is 35.4 Å². The molecule has 18 heavy (non-hydrogen) atoms. The van der Waals surface area contributed by atoms with E-state index in [4.69, 9.17) is 0 Å². The van der Waals surface area contributed by atoms with Gasteiger partial charge in [0.05, 0.1) is 5.56 Å². The minimum absolute atomic E-state index is 0.0179. The van der Waals surface area contributed by atoms with E-state index in [0.717, 1.165) is 31.5 Å². The van der Waals surface area contributed by atoms with Crippen molar-refractivity contribution in [2.24, 2.45) is 0 Å². The zero-order chi connectivity index (χ0) is 13.1. The number of piperidine rings is 1. The third kappa shape index (κ3) is 2.85. The van der Waals surface area contributed by atoms with Crippen LogP contribution in [0.3, 0.4) is 0 Å². The van der Waals surface area contributed by atoms with Gasteiger partial charge in [-0.2, -0.15) is 0 Å². The van der Waals surface area contributed by atoms with Crippen LogP contribution in [0.5, 0.6) is 0 Å². The van der Waals surface area contributed by atoms with Crippen LogP contribution in [0.2, 0.25) is 0 Å². The fourth-order valence-corrected chi connectivity index (χ4v) is 2.16. The van der Waals surface area contributed by atoms with Gasteiger partial charge in [-0.05, 0) is 38.4 Å². The number of carbonyl (C=O) groups is 1. The SMILES string of the molecule is C[C@H]1NCCC[C@H]1NC(=O)c1ccc(F)cc1F. The zero-order valence-corrected chi connectivity index (χ0v) is 10.2. The molecule has 0 radical (unpaired) electrons. The van der Waals surface area contributed by atoms with Crippen molar-refractivity contribution < 1.29 is 13.6 Å². The second kappa shape index (κ2) is 5.44. The summed E-state index contributed by atoms with van der Waals surface area (Å²) in [6.45, 7) is 2.91. The Balaban J connectivity index is 2.07. The summed E-state index contributed by atoms with van der Waals surface area (Å²) in [6.07, 6.45) is 1.84. The molecule has 5 heteroatoms. The third-order valence-corrected chi connectivity index (χ3v) is 3.25. The highest BCUT2D eigenvalue weighted by molar-refractivity contribution is 5.94. The monoisotopic (exact) mass is 254 g/mol. The maximum absolute atomic E-state index is 13.4. The molecule has 1 heterocycles. The molecule has 0 saturated carbocycles. The molecule has 3 nitrogen and oxygen atoms in total. The van der Waals surface area contributed by atoms with Crippen LogP contribution in [0, 0.1) is 11.6 Å². The number of hydrogen-bond donors (Lipinski definition) is 2. The highest BCUT2D eigenvalue weighted by Crippen LogP contribution is 2.12. The van der Waals surface area contributed by atoms with Gasteiger partial charge in [0, 0.05) is 18.2 Å². The molecular formula is C13H16F2N2O. The molecule has 2 atom stereocenters. The van der Waals surface area contributed by atoms with Crippen molar-refractivity contribution in [3.8, 4) is 0 Å². The molecule has 1 aromatic carbocycles. The minimum atomic E-state index is -0.830. The van der Waals surface area contributed by atoms with Crippen molar-refractivity contribution >= 4 is 5.91 Å². The topological polar surface area (TPSA) is 41.1 Å². The van der Waals surface area contributed by atoms with Crippen molar-refractivity contribution in [3.63, 3.8) is 0 Å². The van der Waals surface area contributed by atoms with E-state index in [-0.39, 0.29) is 17.6 Å². The first kappa shape index (κ1) is 13.0. The van der Waals surface area contributed by atoms with E-state index in [1.54, 1.807) is 0 Å². The summed E-state index contributed by atoms with van der Waals surface area (Å²) >= 11 is 0. The Labute approximate surface area is 105 Å². The Bertz CT molecular complexity index is 451. The first-order valence-electron chi connectivity index (χ1n) is 6.07. The lowest BCUT2D eigenvalue weighted by atomic mass is 9.99. The second-order valence-electron chi connectivity index (χ2n) is 4.59. The highest BCUT2D eigenvalue weighted by Gasteiger charge is 2.23. The number of benzene rings is 1. The van der Waals surface area contributed by atoms with Crippen LogP contribution < -0.4 is 10.6 Å². The van der Waals surface area contributed by atoms with Gasteiger partial charge in [0.15, 0.2) is 0 Å². The number of amides is 1. The first-order chi connectivity index (χ1) is 8.58. The van der Waals surface area contributed by atoms with Crippen LogP contribution in [0.25, 0.3) is 0 Å². The summed E-state index contributed by atoms with van der Waals surface area (Å²) in [7, 11) is 0. The molecule has 0 spiro atoms. The Kier molecular flexibility index (Phi) is 3.91. The number of carbonyl (C=O) groups excluding carboxylic acids is 1. The van der Waals surface area contributed by atoms with Gasteiger partial charge in [-0.3, -0.25) is 4.79 Å². The fourth-order valence-electron chi connectivity index (χ4n) is 2.16. The van der Waals surface area contributed by atoms with E-state index in [0.29, 0.717) is 0 Å². The fraction of sp³-hybridized carbons (Fsp3) is 0.462. The number of halogens is 2. The van der Waals surface area contributed by atoms with Gasteiger partial charge >= 0.3 is 0 Å². The maximum Gasteiger partial charge on any atom is 0.254 e. The molecular weight excluding hydrogens is 238 g/mol. The van der Waals surface area contributed by atoms with Gasteiger partial charge in [-0.1, -0.05) is 0 Å². The van der Waals surface area contributed by atoms with Gasteiger partial charge < -0.3 is 10.6 Å². The van der Waals surface area contributed by atoms with Crippen molar-refractivity contribution in [2.45, 2.75) is 31.8 Å².